The molecule has 0 aromatic rings. The van der Waals surface area contributed by atoms with Gasteiger partial charge in [0.05, 0.1) is 0 Å². The zero-order valence-electron chi connectivity index (χ0n) is 9.01. The molecule has 0 radical (unpaired) electrons. The molecule has 0 aromatic carbocycles. The first kappa shape index (κ1) is 11.0. The van der Waals surface area contributed by atoms with Crippen molar-refractivity contribution in [3.63, 3.8) is 0 Å². The van der Waals surface area contributed by atoms with Crippen molar-refractivity contribution in [1.29, 1.82) is 0 Å². The number of rotatable bonds is 5. The van der Waals surface area contributed by atoms with Crippen molar-refractivity contribution in [2.75, 3.05) is 20.3 Å². The van der Waals surface area contributed by atoms with E-state index in [1.807, 2.05) is 0 Å². The highest BCUT2D eigenvalue weighted by molar-refractivity contribution is 4.80. The van der Waals surface area contributed by atoms with Crippen LogP contribution in [-0.4, -0.2) is 26.3 Å². The lowest BCUT2D eigenvalue weighted by atomic mass is 9.82. The molecule has 0 amide bonds. The second-order valence-electron chi connectivity index (χ2n) is 3.99. The van der Waals surface area contributed by atoms with E-state index in [1.54, 1.807) is 7.11 Å². The fourth-order valence-electron chi connectivity index (χ4n) is 2.35. The Labute approximate surface area is 82.0 Å². The molecule has 1 rings (SSSR count). The van der Waals surface area contributed by atoms with E-state index in [0.29, 0.717) is 0 Å². The van der Waals surface area contributed by atoms with Crippen LogP contribution in [0.5, 0.6) is 0 Å². The molecule has 2 unspecified atom stereocenters. The van der Waals surface area contributed by atoms with Crippen LogP contribution in [0.4, 0.5) is 0 Å². The molecular formula is C11H23NO. The number of hydrogen-bond acceptors (Lipinski definition) is 2. The first-order valence-electron chi connectivity index (χ1n) is 5.60. The van der Waals surface area contributed by atoms with Gasteiger partial charge in [-0.15, -0.1) is 0 Å². The molecular weight excluding hydrogens is 162 g/mol. The third kappa shape index (κ3) is 3.65. The van der Waals surface area contributed by atoms with Crippen molar-refractivity contribution in [2.45, 2.75) is 45.1 Å². The molecule has 2 atom stereocenters. The first-order chi connectivity index (χ1) is 6.38. The van der Waals surface area contributed by atoms with E-state index in [9.17, 15) is 0 Å². The Kier molecular flexibility index (Phi) is 5.40. The third-order valence-electron chi connectivity index (χ3n) is 3.07. The largest absolute Gasteiger partial charge is 0.385 e. The Morgan fingerprint density at radius 3 is 2.77 bits per heavy atom. The molecule has 1 aliphatic carbocycles. The number of ether oxygens (including phenoxy) is 1. The van der Waals surface area contributed by atoms with E-state index in [2.05, 4.69) is 12.2 Å². The monoisotopic (exact) mass is 185 g/mol. The fraction of sp³-hybridized carbons (Fsp3) is 1.00. The second kappa shape index (κ2) is 6.39. The van der Waals surface area contributed by atoms with Gasteiger partial charge in [0.1, 0.15) is 0 Å². The lowest BCUT2D eigenvalue weighted by molar-refractivity contribution is 0.150. The summed E-state index contributed by atoms with van der Waals surface area (Å²) in [5.41, 5.74) is 0. The Hall–Kier alpha value is -0.0800. The van der Waals surface area contributed by atoms with Gasteiger partial charge in [0.15, 0.2) is 0 Å². The minimum absolute atomic E-state index is 0.758. The van der Waals surface area contributed by atoms with Gasteiger partial charge in [-0.2, -0.15) is 0 Å². The van der Waals surface area contributed by atoms with Gasteiger partial charge in [-0.1, -0.05) is 19.8 Å². The quantitative estimate of drug-likeness (QED) is 0.709. The molecule has 2 nitrogen and oxygen atoms in total. The Balaban J connectivity index is 2.28. The molecule has 0 aromatic heterocycles. The molecule has 0 bridgehead atoms. The smallest absolute Gasteiger partial charge is 0.0465 e. The predicted octanol–water partition coefficient (Wildman–Crippen LogP) is 2.19. The molecule has 2 heteroatoms. The Morgan fingerprint density at radius 2 is 2.08 bits per heavy atom. The molecule has 1 fully saturated rings. The lowest BCUT2D eigenvalue weighted by Crippen LogP contribution is -2.38. The van der Waals surface area contributed by atoms with Gasteiger partial charge in [0.25, 0.3) is 0 Å². The summed E-state index contributed by atoms with van der Waals surface area (Å²) in [6, 6.07) is 0.758. The van der Waals surface area contributed by atoms with Crippen molar-refractivity contribution in [1.82, 2.24) is 5.32 Å². The zero-order valence-corrected chi connectivity index (χ0v) is 9.01. The summed E-state index contributed by atoms with van der Waals surface area (Å²) in [5.74, 6) is 0.855. The van der Waals surface area contributed by atoms with Crippen LogP contribution in [0.2, 0.25) is 0 Å². The van der Waals surface area contributed by atoms with Gasteiger partial charge < -0.3 is 10.1 Å². The average molecular weight is 185 g/mol. The topological polar surface area (TPSA) is 21.3 Å². The average Bonchev–Trinajstić information content (AvgIpc) is 2.17. The van der Waals surface area contributed by atoms with Crippen molar-refractivity contribution in [3.05, 3.63) is 0 Å². The fourth-order valence-corrected chi connectivity index (χ4v) is 2.35. The maximum atomic E-state index is 5.14. The summed E-state index contributed by atoms with van der Waals surface area (Å²) in [6.45, 7) is 4.22. The van der Waals surface area contributed by atoms with Gasteiger partial charge >= 0.3 is 0 Å². The van der Waals surface area contributed by atoms with Gasteiger partial charge in [0, 0.05) is 19.8 Å². The lowest BCUT2D eigenvalue weighted by Gasteiger charge is -2.32. The Morgan fingerprint density at radius 1 is 1.31 bits per heavy atom. The zero-order chi connectivity index (χ0) is 9.52. The third-order valence-corrected chi connectivity index (χ3v) is 3.07. The van der Waals surface area contributed by atoms with Crippen LogP contribution in [0.3, 0.4) is 0 Å². The van der Waals surface area contributed by atoms with Crippen LogP contribution in [0.25, 0.3) is 0 Å². The summed E-state index contributed by atoms with van der Waals surface area (Å²) in [7, 11) is 1.80. The molecule has 0 heterocycles. The SMILES string of the molecule is CCNC1CCCCC1CCOC. The molecule has 13 heavy (non-hydrogen) atoms. The molecule has 0 aliphatic heterocycles. The van der Waals surface area contributed by atoms with E-state index in [4.69, 9.17) is 4.74 Å². The maximum absolute atomic E-state index is 5.14. The number of methoxy groups -OCH3 is 1. The van der Waals surface area contributed by atoms with Crippen LogP contribution < -0.4 is 5.32 Å². The summed E-state index contributed by atoms with van der Waals surface area (Å²) < 4.78 is 5.14. The first-order valence-corrected chi connectivity index (χ1v) is 5.60. The number of hydrogen-bond donors (Lipinski definition) is 1. The van der Waals surface area contributed by atoms with Gasteiger partial charge in [-0.25, -0.2) is 0 Å². The highest BCUT2D eigenvalue weighted by Gasteiger charge is 2.23. The van der Waals surface area contributed by atoms with Crippen molar-refractivity contribution < 1.29 is 4.74 Å². The van der Waals surface area contributed by atoms with E-state index in [1.165, 1.54) is 32.1 Å². The summed E-state index contributed by atoms with van der Waals surface area (Å²) >= 11 is 0. The molecule has 78 valence electrons. The normalized spacial score (nSPS) is 29.1. The van der Waals surface area contributed by atoms with Crippen molar-refractivity contribution >= 4 is 0 Å². The standard InChI is InChI=1S/C11H23NO/c1-3-12-11-7-5-4-6-10(11)8-9-13-2/h10-12H,3-9H2,1-2H3. The van der Waals surface area contributed by atoms with E-state index in [0.717, 1.165) is 25.1 Å². The highest BCUT2D eigenvalue weighted by atomic mass is 16.5. The summed E-state index contributed by atoms with van der Waals surface area (Å²) in [4.78, 5) is 0. The van der Waals surface area contributed by atoms with Crippen LogP contribution in [0.1, 0.15) is 39.0 Å². The highest BCUT2D eigenvalue weighted by Crippen LogP contribution is 2.26. The van der Waals surface area contributed by atoms with Gasteiger partial charge in [0.2, 0.25) is 0 Å². The minimum Gasteiger partial charge on any atom is -0.385 e. The summed E-state index contributed by atoms with van der Waals surface area (Å²) in [5, 5.41) is 3.59. The Bertz CT molecular complexity index is 125. The predicted molar refractivity (Wildman–Crippen MR) is 55.9 cm³/mol. The van der Waals surface area contributed by atoms with Crippen molar-refractivity contribution in [2.24, 2.45) is 5.92 Å². The van der Waals surface area contributed by atoms with Crippen LogP contribution in [0, 0.1) is 5.92 Å². The van der Waals surface area contributed by atoms with Gasteiger partial charge in [-0.05, 0) is 31.7 Å². The molecule has 1 N–H and O–H groups in total. The van der Waals surface area contributed by atoms with E-state index >= 15 is 0 Å². The maximum Gasteiger partial charge on any atom is 0.0465 e. The second-order valence-corrected chi connectivity index (χ2v) is 3.99. The van der Waals surface area contributed by atoms with E-state index < -0.39 is 0 Å². The molecule has 1 aliphatic rings. The van der Waals surface area contributed by atoms with Crippen LogP contribution in [-0.2, 0) is 4.74 Å². The molecule has 1 saturated carbocycles. The molecule has 0 spiro atoms. The summed E-state index contributed by atoms with van der Waals surface area (Å²) in [6.07, 6.45) is 6.80. The van der Waals surface area contributed by atoms with Crippen molar-refractivity contribution in [3.8, 4) is 0 Å². The van der Waals surface area contributed by atoms with Gasteiger partial charge in [-0.3, -0.25) is 0 Å². The van der Waals surface area contributed by atoms with E-state index in [-0.39, 0.29) is 0 Å². The molecule has 0 saturated heterocycles. The number of nitrogens with one attached hydrogen (secondary N) is 1. The van der Waals surface area contributed by atoms with Crippen LogP contribution >= 0.6 is 0 Å². The van der Waals surface area contributed by atoms with Crippen LogP contribution in [0.15, 0.2) is 0 Å². The minimum atomic E-state index is 0.758.